The van der Waals surface area contributed by atoms with Crippen molar-refractivity contribution in [3.05, 3.63) is 63.0 Å². The van der Waals surface area contributed by atoms with Crippen molar-refractivity contribution in [1.29, 1.82) is 0 Å². The zero-order valence-electron chi connectivity index (χ0n) is 12.7. The number of carbonyl (C=O) groups excluding carboxylic acids is 1. The molecule has 0 aliphatic carbocycles. The molecule has 0 spiro atoms. The number of methoxy groups -OCH3 is 1. The summed E-state index contributed by atoms with van der Waals surface area (Å²) in [5.74, 6) is -0.645. The normalized spacial score (nSPS) is 12.6. The lowest BCUT2D eigenvalue weighted by molar-refractivity contribution is -0.142. The molecule has 0 saturated heterocycles. The van der Waals surface area contributed by atoms with Crippen LogP contribution in [-0.2, 0) is 26.0 Å². The summed E-state index contributed by atoms with van der Waals surface area (Å²) >= 11 is 6.47. The molecule has 2 aromatic rings. The first-order valence-electron chi connectivity index (χ1n) is 6.92. The van der Waals surface area contributed by atoms with Crippen molar-refractivity contribution in [1.82, 2.24) is 4.72 Å². The monoisotopic (exact) mass is 475 g/mol. The van der Waals surface area contributed by atoms with Crippen LogP contribution >= 0.6 is 31.9 Å². The molecule has 2 aromatic carbocycles. The molecule has 0 unspecified atom stereocenters. The number of esters is 1. The zero-order valence-corrected chi connectivity index (χ0v) is 16.7. The predicted molar refractivity (Wildman–Crippen MR) is 98.1 cm³/mol. The summed E-state index contributed by atoms with van der Waals surface area (Å²) in [5.41, 5.74) is 0.823. The Labute approximate surface area is 157 Å². The fourth-order valence-corrected chi connectivity index (χ4v) is 4.79. The Morgan fingerprint density at radius 3 is 2.46 bits per heavy atom. The molecule has 0 aliphatic rings. The van der Waals surface area contributed by atoms with Gasteiger partial charge in [-0.25, -0.2) is 8.42 Å². The Balaban J connectivity index is 2.31. The van der Waals surface area contributed by atoms with Gasteiger partial charge in [0, 0.05) is 8.95 Å². The second-order valence-electron chi connectivity index (χ2n) is 4.96. The number of rotatable bonds is 6. The van der Waals surface area contributed by atoms with E-state index < -0.39 is 22.0 Å². The Kier molecular flexibility index (Phi) is 6.56. The molecule has 0 radical (unpaired) electrons. The molecule has 0 amide bonds. The van der Waals surface area contributed by atoms with Gasteiger partial charge in [0.15, 0.2) is 0 Å². The maximum absolute atomic E-state index is 12.7. The summed E-state index contributed by atoms with van der Waals surface area (Å²) in [5, 5.41) is 0. The quantitative estimate of drug-likeness (QED) is 0.649. The van der Waals surface area contributed by atoms with Gasteiger partial charge in [-0.3, -0.25) is 4.79 Å². The highest BCUT2D eigenvalue weighted by Gasteiger charge is 2.28. The van der Waals surface area contributed by atoms with Crippen LogP contribution in [0.3, 0.4) is 0 Å². The van der Waals surface area contributed by atoms with Crippen LogP contribution in [0.1, 0.15) is 5.56 Å². The number of hydrogen-bond acceptors (Lipinski definition) is 4. The molecule has 0 bridgehead atoms. The van der Waals surface area contributed by atoms with Crippen molar-refractivity contribution in [2.75, 3.05) is 7.11 Å². The standard InChI is InChI=1S/C16H15Br2NO4S/c1-23-16(20)14(9-11-5-3-2-4-6-11)19-24(21,22)15-10-12(17)7-8-13(15)18/h2-8,10,14,19H,9H2,1H3/t14-/m1/s1. The van der Waals surface area contributed by atoms with Gasteiger partial charge in [-0.05, 0) is 46.1 Å². The molecular weight excluding hydrogens is 462 g/mol. The van der Waals surface area contributed by atoms with Crippen molar-refractivity contribution >= 4 is 47.9 Å². The first-order chi connectivity index (χ1) is 11.3. The van der Waals surface area contributed by atoms with E-state index in [2.05, 4.69) is 36.6 Å². The highest BCUT2D eigenvalue weighted by molar-refractivity contribution is 9.11. The highest BCUT2D eigenvalue weighted by Crippen LogP contribution is 2.26. The van der Waals surface area contributed by atoms with Crippen LogP contribution in [0.2, 0.25) is 0 Å². The van der Waals surface area contributed by atoms with Gasteiger partial charge in [0.25, 0.3) is 0 Å². The van der Waals surface area contributed by atoms with Gasteiger partial charge in [0.1, 0.15) is 6.04 Å². The molecule has 0 saturated carbocycles. The largest absolute Gasteiger partial charge is 0.468 e. The van der Waals surface area contributed by atoms with E-state index in [1.165, 1.54) is 13.2 Å². The molecule has 0 aromatic heterocycles. The van der Waals surface area contributed by atoms with Crippen LogP contribution in [0, 0.1) is 0 Å². The number of nitrogens with one attached hydrogen (secondary N) is 1. The summed E-state index contributed by atoms with van der Waals surface area (Å²) in [6, 6.07) is 12.9. The van der Waals surface area contributed by atoms with E-state index in [9.17, 15) is 13.2 Å². The maximum Gasteiger partial charge on any atom is 0.324 e. The van der Waals surface area contributed by atoms with Gasteiger partial charge in [-0.1, -0.05) is 46.3 Å². The third-order valence-corrected chi connectivity index (χ3v) is 6.21. The van der Waals surface area contributed by atoms with Gasteiger partial charge >= 0.3 is 5.97 Å². The van der Waals surface area contributed by atoms with Crippen molar-refractivity contribution in [3.63, 3.8) is 0 Å². The molecule has 0 heterocycles. The minimum atomic E-state index is -3.92. The first-order valence-corrected chi connectivity index (χ1v) is 9.99. The molecule has 1 atom stereocenters. The van der Waals surface area contributed by atoms with E-state index in [1.54, 1.807) is 12.1 Å². The maximum atomic E-state index is 12.7. The van der Waals surface area contributed by atoms with Crippen LogP contribution < -0.4 is 4.72 Å². The fraction of sp³-hybridized carbons (Fsp3) is 0.188. The molecule has 24 heavy (non-hydrogen) atoms. The zero-order chi connectivity index (χ0) is 17.7. The van der Waals surface area contributed by atoms with Gasteiger partial charge in [0.2, 0.25) is 10.0 Å². The minimum absolute atomic E-state index is 0.0406. The average Bonchev–Trinajstić information content (AvgIpc) is 2.56. The third-order valence-electron chi connectivity index (χ3n) is 3.25. The third kappa shape index (κ3) is 4.89. The van der Waals surface area contributed by atoms with Crippen LogP contribution in [0.4, 0.5) is 0 Å². The van der Waals surface area contributed by atoms with Crippen LogP contribution in [0.25, 0.3) is 0 Å². The molecule has 5 nitrogen and oxygen atoms in total. The predicted octanol–water partition coefficient (Wildman–Crippen LogP) is 3.27. The lowest BCUT2D eigenvalue weighted by Gasteiger charge is -2.17. The Bertz CT molecular complexity index is 825. The molecule has 0 aliphatic heterocycles. The Morgan fingerprint density at radius 2 is 1.83 bits per heavy atom. The Hall–Kier alpha value is -1.22. The molecule has 1 N–H and O–H groups in total. The van der Waals surface area contributed by atoms with Crippen LogP contribution in [0.5, 0.6) is 0 Å². The summed E-state index contributed by atoms with van der Waals surface area (Å²) in [4.78, 5) is 12.0. The number of sulfonamides is 1. The topological polar surface area (TPSA) is 72.5 Å². The van der Waals surface area contributed by atoms with Crippen LogP contribution in [-0.4, -0.2) is 27.5 Å². The SMILES string of the molecule is COC(=O)[C@@H](Cc1ccccc1)NS(=O)(=O)c1cc(Br)ccc1Br. The molecule has 8 heteroatoms. The smallest absolute Gasteiger partial charge is 0.324 e. The Morgan fingerprint density at radius 1 is 1.17 bits per heavy atom. The van der Waals surface area contributed by atoms with E-state index in [1.807, 2.05) is 30.3 Å². The molecule has 0 fully saturated rings. The molecule has 128 valence electrons. The van der Waals surface area contributed by atoms with Crippen LogP contribution in [0.15, 0.2) is 62.4 Å². The van der Waals surface area contributed by atoms with E-state index >= 15 is 0 Å². The van der Waals surface area contributed by atoms with E-state index in [4.69, 9.17) is 4.74 Å². The highest BCUT2D eigenvalue weighted by atomic mass is 79.9. The number of ether oxygens (including phenoxy) is 1. The summed E-state index contributed by atoms with van der Waals surface area (Å²) < 4.78 is 33.5. The molecular formula is C16H15Br2NO4S. The van der Waals surface area contributed by atoms with Gasteiger partial charge in [-0.2, -0.15) is 4.72 Å². The van der Waals surface area contributed by atoms with Crippen molar-refractivity contribution in [2.24, 2.45) is 0 Å². The second kappa shape index (κ2) is 8.24. The van der Waals surface area contributed by atoms with Gasteiger partial charge < -0.3 is 4.74 Å². The van der Waals surface area contributed by atoms with Crippen molar-refractivity contribution in [2.45, 2.75) is 17.4 Å². The summed E-state index contributed by atoms with van der Waals surface area (Å²) in [7, 11) is -2.69. The number of carbonyl (C=O) groups is 1. The first kappa shape index (κ1) is 19.1. The van der Waals surface area contributed by atoms with Crippen molar-refractivity contribution in [3.8, 4) is 0 Å². The fourth-order valence-electron chi connectivity index (χ4n) is 2.10. The average molecular weight is 477 g/mol. The second-order valence-corrected chi connectivity index (χ2v) is 8.41. The summed E-state index contributed by atoms with van der Waals surface area (Å²) in [6.45, 7) is 0. The number of benzene rings is 2. The van der Waals surface area contributed by atoms with E-state index in [0.29, 0.717) is 8.95 Å². The lowest BCUT2D eigenvalue weighted by atomic mass is 10.1. The lowest BCUT2D eigenvalue weighted by Crippen LogP contribution is -2.43. The number of hydrogen-bond donors (Lipinski definition) is 1. The van der Waals surface area contributed by atoms with E-state index in [-0.39, 0.29) is 11.3 Å². The minimum Gasteiger partial charge on any atom is -0.468 e. The van der Waals surface area contributed by atoms with Crippen molar-refractivity contribution < 1.29 is 17.9 Å². The van der Waals surface area contributed by atoms with Gasteiger partial charge in [0.05, 0.1) is 12.0 Å². The number of halogens is 2. The van der Waals surface area contributed by atoms with Gasteiger partial charge in [-0.15, -0.1) is 0 Å². The molecule has 2 rings (SSSR count). The van der Waals surface area contributed by atoms with E-state index in [0.717, 1.165) is 5.56 Å². The summed E-state index contributed by atoms with van der Waals surface area (Å²) in [6.07, 6.45) is 0.193.